The molecular formula is C9H10BNO. The molecule has 1 aromatic rings. The Bertz CT molecular complexity index is 266. The van der Waals surface area contributed by atoms with Crippen LogP contribution in [0.25, 0.3) is 6.08 Å². The normalized spacial score (nSPS) is 13.5. The molecule has 0 fully saturated rings. The molecule has 0 unspecified atom stereocenters. The van der Waals surface area contributed by atoms with Gasteiger partial charge in [-0.05, 0) is 19.1 Å². The van der Waals surface area contributed by atoms with Crippen LogP contribution in [0.1, 0.15) is 12.6 Å². The second kappa shape index (κ2) is 4.07. The molecule has 1 rings (SSSR count). The number of hydrogen-bond donors (Lipinski definition) is 1. The lowest BCUT2D eigenvalue weighted by Gasteiger charge is -1.95. The summed E-state index contributed by atoms with van der Waals surface area (Å²) in [5, 5.41) is 8.93. The lowest BCUT2D eigenvalue weighted by Crippen LogP contribution is -2.02. The molecule has 0 aliphatic carbocycles. The van der Waals surface area contributed by atoms with Gasteiger partial charge >= 0.3 is 0 Å². The summed E-state index contributed by atoms with van der Waals surface area (Å²) in [6, 6.07) is 3.57. The molecule has 0 amide bonds. The van der Waals surface area contributed by atoms with Gasteiger partial charge < -0.3 is 5.11 Å². The summed E-state index contributed by atoms with van der Waals surface area (Å²) in [5.74, 6) is 0. The average molecular weight is 159 g/mol. The highest BCUT2D eigenvalue weighted by Crippen LogP contribution is 1.96. The van der Waals surface area contributed by atoms with Gasteiger partial charge in [-0.3, -0.25) is 4.98 Å². The maximum atomic E-state index is 8.93. The molecule has 0 bridgehead atoms. The Morgan fingerprint density at radius 3 is 2.83 bits per heavy atom. The fourth-order valence-corrected chi connectivity index (χ4v) is 0.753. The van der Waals surface area contributed by atoms with E-state index in [-0.39, 0.29) is 0 Å². The Morgan fingerprint density at radius 1 is 1.58 bits per heavy atom. The third-order valence-electron chi connectivity index (χ3n) is 1.35. The first kappa shape index (κ1) is 9.01. The number of aliphatic hydroxyl groups is 1. The first-order valence-corrected chi connectivity index (χ1v) is 3.76. The number of nitrogens with zero attached hydrogens (tertiary/aromatic N) is 1. The zero-order chi connectivity index (χ0) is 8.97. The van der Waals surface area contributed by atoms with E-state index in [0.29, 0.717) is 5.46 Å². The Morgan fingerprint density at radius 2 is 2.33 bits per heavy atom. The largest absolute Gasteiger partial charge is 0.389 e. The molecule has 3 heteroatoms. The molecule has 1 N–H and O–H groups in total. The monoisotopic (exact) mass is 159 g/mol. The van der Waals surface area contributed by atoms with Crippen LogP contribution < -0.4 is 5.46 Å². The van der Waals surface area contributed by atoms with E-state index in [4.69, 9.17) is 13.0 Å². The summed E-state index contributed by atoms with van der Waals surface area (Å²) in [4.78, 5) is 4.03. The first-order chi connectivity index (χ1) is 5.68. The SMILES string of the molecule is [B]c1ccc(/C=C\[C@@H](C)O)nc1. The minimum atomic E-state index is -0.440. The third kappa shape index (κ3) is 2.88. The van der Waals surface area contributed by atoms with Crippen LogP contribution >= 0.6 is 0 Å². The smallest absolute Gasteiger partial charge is 0.115 e. The summed E-state index contributed by atoms with van der Waals surface area (Å²) in [7, 11) is 5.45. The van der Waals surface area contributed by atoms with Gasteiger partial charge in [-0.15, -0.1) is 0 Å². The van der Waals surface area contributed by atoms with E-state index in [2.05, 4.69) is 4.98 Å². The number of hydrogen-bond acceptors (Lipinski definition) is 2. The lowest BCUT2D eigenvalue weighted by molar-refractivity contribution is 0.245. The Hall–Kier alpha value is -1.09. The number of rotatable bonds is 2. The number of aliphatic hydroxyl groups excluding tert-OH is 1. The van der Waals surface area contributed by atoms with Gasteiger partial charge in [0.1, 0.15) is 7.85 Å². The predicted octanol–water partition coefficient (Wildman–Crippen LogP) is 0.269. The number of pyridine rings is 1. The van der Waals surface area contributed by atoms with Crippen LogP contribution in [-0.4, -0.2) is 24.0 Å². The fraction of sp³-hybridized carbons (Fsp3) is 0.222. The second-order valence-electron chi connectivity index (χ2n) is 2.62. The summed E-state index contributed by atoms with van der Waals surface area (Å²) in [5.41, 5.74) is 1.44. The van der Waals surface area contributed by atoms with E-state index >= 15 is 0 Å². The van der Waals surface area contributed by atoms with Gasteiger partial charge in [-0.25, -0.2) is 0 Å². The standard InChI is InChI=1S/C9H10BNO/c1-7(12)2-4-9-5-3-8(10)6-11-9/h2-7,12H,1H3/b4-2-/t7-/m1/s1. The highest BCUT2D eigenvalue weighted by molar-refractivity contribution is 6.32. The summed E-state index contributed by atoms with van der Waals surface area (Å²) in [6.45, 7) is 1.69. The molecule has 1 aromatic heterocycles. The van der Waals surface area contributed by atoms with Crippen molar-refractivity contribution in [1.29, 1.82) is 0 Å². The maximum Gasteiger partial charge on any atom is 0.115 e. The van der Waals surface area contributed by atoms with Gasteiger partial charge in [-0.1, -0.05) is 17.6 Å². The summed E-state index contributed by atoms with van der Waals surface area (Å²) >= 11 is 0. The molecule has 1 heterocycles. The highest BCUT2D eigenvalue weighted by Gasteiger charge is 1.89. The molecule has 60 valence electrons. The fourth-order valence-electron chi connectivity index (χ4n) is 0.753. The van der Waals surface area contributed by atoms with Crippen molar-refractivity contribution in [2.75, 3.05) is 0 Å². The van der Waals surface area contributed by atoms with Crippen molar-refractivity contribution in [3.05, 3.63) is 30.1 Å². The molecule has 2 radical (unpaired) electrons. The van der Waals surface area contributed by atoms with E-state index in [1.807, 2.05) is 0 Å². The van der Waals surface area contributed by atoms with E-state index in [1.54, 1.807) is 37.4 Å². The summed E-state index contributed by atoms with van der Waals surface area (Å²) in [6.07, 6.45) is 4.56. The average Bonchev–Trinajstić information content (AvgIpc) is 2.03. The van der Waals surface area contributed by atoms with E-state index < -0.39 is 6.10 Å². The van der Waals surface area contributed by atoms with Crippen molar-refractivity contribution in [1.82, 2.24) is 4.98 Å². The van der Waals surface area contributed by atoms with Crippen LogP contribution in [0.4, 0.5) is 0 Å². The van der Waals surface area contributed by atoms with Crippen molar-refractivity contribution >= 4 is 19.4 Å². The van der Waals surface area contributed by atoms with Gasteiger partial charge in [-0.2, -0.15) is 0 Å². The quantitative estimate of drug-likeness (QED) is 0.628. The lowest BCUT2D eigenvalue weighted by atomic mass is 9.99. The van der Waals surface area contributed by atoms with Crippen LogP contribution in [-0.2, 0) is 0 Å². The van der Waals surface area contributed by atoms with Crippen molar-refractivity contribution < 1.29 is 5.11 Å². The second-order valence-corrected chi connectivity index (χ2v) is 2.62. The van der Waals surface area contributed by atoms with Crippen molar-refractivity contribution in [2.24, 2.45) is 0 Å². The Kier molecular flexibility index (Phi) is 3.05. The van der Waals surface area contributed by atoms with Gasteiger partial charge in [0.05, 0.1) is 11.8 Å². The van der Waals surface area contributed by atoms with Crippen LogP contribution in [0, 0.1) is 0 Å². The Labute approximate surface area is 73.4 Å². The van der Waals surface area contributed by atoms with E-state index in [1.165, 1.54) is 0 Å². The van der Waals surface area contributed by atoms with Gasteiger partial charge in [0.2, 0.25) is 0 Å². The molecule has 12 heavy (non-hydrogen) atoms. The predicted molar refractivity (Wildman–Crippen MR) is 50.3 cm³/mol. The van der Waals surface area contributed by atoms with Crippen LogP contribution in [0.2, 0.25) is 0 Å². The first-order valence-electron chi connectivity index (χ1n) is 3.76. The van der Waals surface area contributed by atoms with E-state index in [9.17, 15) is 0 Å². The van der Waals surface area contributed by atoms with Crippen molar-refractivity contribution in [3.63, 3.8) is 0 Å². The number of aromatic nitrogens is 1. The molecule has 0 aromatic carbocycles. The molecule has 0 saturated carbocycles. The van der Waals surface area contributed by atoms with Crippen molar-refractivity contribution in [2.45, 2.75) is 13.0 Å². The summed E-state index contributed by atoms with van der Waals surface area (Å²) < 4.78 is 0. The van der Waals surface area contributed by atoms with Crippen LogP contribution in [0.15, 0.2) is 24.4 Å². The minimum absolute atomic E-state index is 0.440. The van der Waals surface area contributed by atoms with Crippen molar-refractivity contribution in [3.8, 4) is 0 Å². The third-order valence-corrected chi connectivity index (χ3v) is 1.35. The zero-order valence-electron chi connectivity index (χ0n) is 6.94. The van der Waals surface area contributed by atoms with Crippen LogP contribution in [0.3, 0.4) is 0 Å². The Balaban J connectivity index is 2.71. The maximum absolute atomic E-state index is 8.93. The topological polar surface area (TPSA) is 33.1 Å². The van der Waals surface area contributed by atoms with Gasteiger partial charge in [0.15, 0.2) is 0 Å². The molecule has 0 saturated heterocycles. The van der Waals surface area contributed by atoms with Crippen LogP contribution in [0.5, 0.6) is 0 Å². The molecule has 0 aliphatic heterocycles. The van der Waals surface area contributed by atoms with Gasteiger partial charge in [0, 0.05) is 6.20 Å². The minimum Gasteiger partial charge on any atom is -0.389 e. The molecule has 0 spiro atoms. The molecule has 1 atom stereocenters. The molecule has 0 aliphatic rings. The highest BCUT2D eigenvalue weighted by atomic mass is 16.3. The van der Waals surface area contributed by atoms with Gasteiger partial charge in [0.25, 0.3) is 0 Å². The zero-order valence-corrected chi connectivity index (χ0v) is 6.94. The molecule has 2 nitrogen and oxygen atoms in total. The van der Waals surface area contributed by atoms with E-state index in [0.717, 1.165) is 5.69 Å². The molecular weight excluding hydrogens is 149 g/mol.